The van der Waals surface area contributed by atoms with Gasteiger partial charge < -0.3 is 14.6 Å². The van der Waals surface area contributed by atoms with E-state index in [2.05, 4.69) is 11.8 Å². The van der Waals surface area contributed by atoms with Crippen LogP contribution in [0.1, 0.15) is 12.5 Å². The number of hydrogen-bond donors (Lipinski definition) is 1. The Morgan fingerprint density at radius 2 is 1.82 bits per heavy atom. The van der Waals surface area contributed by atoms with Crippen LogP contribution in [-0.2, 0) is 14.3 Å². The van der Waals surface area contributed by atoms with Crippen molar-refractivity contribution in [2.45, 2.75) is 19.1 Å². The van der Waals surface area contributed by atoms with Crippen LogP contribution < -0.4 is 9.64 Å². The van der Waals surface area contributed by atoms with Crippen LogP contribution in [0.2, 0.25) is 0 Å². The lowest BCUT2D eigenvalue weighted by Gasteiger charge is -2.23. The molecule has 0 radical (unpaired) electrons. The van der Waals surface area contributed by atoms with Crippen molar-refractivity contribution >= 4 is 17.6 Å². The maximum atomic E-state index is 12.8. The van der Waals surface area contributed by atoms with Gasteiger partial charge in [0.25, 0.3) is 5.91 Å². The summed E-state index contributed by atoms with van der Waals surface area (Å²) >= 11 is 0. The number of hydrogen-bond acceptors (Lipinski definition) is 5. The molecule has 2 aromatic carbocycles. The van der Waals surface area contributed by atoms with Crippen molar-refractivity contribution in [2.24, 2.45) is 5.92 Å². The van der Waals surface area contributed by atoms with Crippen molar-refractivity contribution in [1.82, 2.24) is 0 Å². The SMILES string of the molecule is CCOC(=O)[C@@H]1[C@H](O)C(=O)N(c2ccc(OC)cc2)[C@@H]1C#Cc1ccccc1. The predicted octanol–water partition coefficient (Wildman–Crippen LogP) is 2.00. The Balaban J connectivity index is 2.03. The van der Waals surface area contributed by atoms with E-state index in [1.165, 1.54) is 4.90 Å². The molecule has 0 saturated carbocycles. The minimum atomic E-state index is -1.52. The van der Waals surface area contributed by atoms with Crippen LogP contribution in [0, 0.1) is 17.8 Å². The highest BCUT2D eigenvalue weighted by atomic mass is 16.5. The maximum Gasteiger partial charge on any atom is 0.315 e. The summed E-state index contributed by atoms with van der Waals surface area (Å²) in [4.78, 5) is 26.6. The minimum Gasteiger partial charge on any atom is -0.497 e. The molecule has 2 aromatic rings. The van der Waals surface area contributed by atoms with Crippen LogP contribution >= 0.6 is 0 Å². The van der Waals surface area contributed by atoms with Crippen molar-refractivity contribution in [3.8, 4) is 17.6 Å². The number of esters is 1. The van der Waals surface area contributed by atoms with E-state index in [-0.39, 0.29) is 6.61 Å². The third kappa shape index (κ3) is 3.85. The molecule has 144 valence electrons. The number of rotatable bonds is 4. The predicted molar refractivity (Wildman–Crippen MR) is 104 cm³/mol. The van der Waals surface area contributed by atoms with Gasteiger partial charge in [-0.1, -0.05) is 30.0 Å². The van der Waals surface area contributed by atoms with Gasteiger partial charge in [0, 0.05) is 11.3 Å². The zero-order valence-electron chi connectivity index (χ0n) is 15.7. The van der Waals surface area contributed by atoms with E-state index in [9.17, 15) is 14.7 Å². The highest BCUT2D eigenvalue weighted by Crippen LogP contribution is 2.33. The zero-order chi connectivity index (χ0) is 20.1. The van der Waals surface area contributed by atoms with E-state index in [1.54, 1.807) is 38.3 Å². The largest absolute Gasteiger partial charge is 0.497 e. The summed E-state index contributed by atoms with van der Waals surface area (Å²) in [5.41, 5.74) is 1.26. The fraction of sp³-hybridized carbons (Fsp3) is 0.273. The lowest BCUT2D eigenvalue weighted by molar-refractivity contribution is -0.152. The van der Waals surface area contributed by atoms with Crippen molar-refractivity contribution in [1.29, 1.82) is 0 Å². The highest BCUT2D eigenvalue weighted by molar-refractivity contribution is 6.04. The molecule has 1 aliphatic rings. The first kappa shape index (κ1) is 19.5. The number of carbonyl (C=O) groups excluding carboxylic acids is 2. The van der Waals surface area contributed by atoms with Gasteiger partial charge in [0.2, 0.25) is 0 Å². The maximum absolute atomic E-state index is 12.8. The Labute approximate surface area is 163 Å². The number of amides is 1. The summed E-state index contributed by atoms with van der Waals surface area (Å²) in [5.74, 6) is 4.28. The molecule has 1 N–H and O–H groups in total. The number of benzene rings is 2. The van der Waals surface area contributed by atoms with Gasteiger partial charge >= 0.3 is 5.97 Å². The standard InChI is InChI=1S/C22H21NO5/c1-3-28-22(26)19-18(14-9-15-7-5-4-6-8-15)23(21(25)20(19)24)16-10-12-17(27-2)13-11-16/h4-8,10-13,18-20,24H,3H2,1-2H3/t18-,19+,20+/m1/s1. The fourth-order valence-corrected chi connectivity index (χ4v) is 3.13. The van der Waals surface area contributed by atoms with Crippen molar-refractivity contribution in [3.63, 3.8) is 0 Å². The Morgan fingerprint density at radius 1 is 1.14 bits per heavy atom. The van der Waals surface area contributed by atoms with Crippen LogP contribution in [-0.4, -0.2) is 42.8 Å². The second kappa shape index (κ2) is 8.59. The van der Waals surface area contributed by atoms with Gasteiger partial charge in [-0.05, 0) is 43.3 Å². The van der Waals surface area contributed by atoms with E-state index in [0.717, 1.165) is 5.56 Å². The molecule has 0 aromatic heterocycles. The number of anilines is 1. The fourth-order valence-electron chi connectivity index (χ4n) is 3.13. The van der Waals surface area contributed by atoms with Gasteiger partial charge in [0.15, 0.2) is 0 Å². The first-order valence-electron chi connectivity index (χ1n) is 8.95. The van der Waals surface area contributed by atoms with Crippen LogP contribution in [0.5, 0.6) is 5.75 Å². The molecule has 1 fully saturated rings. The molecule has 3 atom stereocenters. The zero-order valence-corrected chi connectivity index (χ0v) is 15.7. The molecule has 3 rings (SSSR count). The topological polar surface area (TPSA) is 76.1 Å². The van der Waals surface area contributed by atoms with E-state index in [0.29, 0.717) is 11.4 Å². The van der Waals surface area contributed by atoms with Gasteiger partial charge in [-0.25, -0.2) is 0 Å². The first-order valence-corrected chi connectivity index (χ1v) is 8.95. The second-order valence-corrected chi connectivity index (χ2v) is 6.21. The third-order valence-electron chi connectivity index (χ3n) is 4.50. The molecular formula is C22H21NO5. The van der Waals surface area contributed by atoms with Gasteiger partial charge in [-0.15, -0.1) is 0 Å². The van der Waals surface area contributed by atoms with Gasteiger partial charge in [-0.2, -0.15) is 0 Å². The second-order valence-electron chi connectivity index (χ2n) is 6.21. The molecule has 1 saturated heterocycles. The molecule has 0 spiro atoms. The molecule has 0 aliphatic carbocycles. The molecule has 1 aliphatic heterocycles. The van der Waals surface area contributed by atoms with Crippen LogP contribution in [0.25, 0.3) is 0 Å². The smallest absolute Gasteiger partial charge is 0.315 e. The molecule has 1 heterocycles. The molecule has 0 unspecified atom stereocenters. The lowest BCUT2D eigenvalue weighted by Crippen LogP contribution is -2.37. The summed E-state index contributed by atoms with van der Waals surface area (Å²) in [5, 5.41) is 10.5. The van der Waals surface area contributed by atoms with Gasteiger partial charge in [0.05, 0.1) is 13.7 Å². The number of carbonyl (C=O) groups is 2. The number of ether oxygens (including phenoxy) is 2. The average Bonchev–Trinajstić information content (AvgIpc) is 2.97. The average molecular weight is 379 g/mol. The highest BCUT2D eigenvalue weighted by Gasteiger charge is 2.52. The van der Waals surface area contributed by atoms with Crippen molar-refractivity contribution in [3.05, 3.63) is 60.2 Å². The van der Waals surface area contributed by atoms with Crippen molar-refractivity contribution < 1.29 is 24.2 Å². The quantitative estimate of drug-likeness (QED) is 0.650. The summed E-state index contributed by atoms with van der Waals surface area (Å²) < 4.78 is 10.2. The number of aliphatic hydroxyl groups is 1. The number of nitrogens with zero attached hydrogens (tertiary/aromatic N) is 1. The first-order chi connectivity index (χ1) is 13.6. The normalized spacial score (nSPS) is 21.0. The minimum absolute atomic E-state index is 0.150. The molecule has 0 bridgehead atoms. The third-order valence-corrected chi connectivity index (χ3v) is 4.50. The van der Waals surface area contributed by atoms with E-state index < -0.39 is 29.9 Å². The number of aliphatic hydroxyl groups excluding tert-OH is 1. The summed E-state index contributed by atoms with van der Waals surface area (Å²) in [6, 6.07) is 15.2. The van der Waals surface area contributed by atoms with Gasteiger partial charge in [0.1, 0.15) is 23.8 Å². The Kier molecular flexibility index (Phi) is 5.97. The van der Waals surface area contributed by atoms with Crippen LogP contribution in [0.15, 0.2) is 54.6 Å². The molecule has 1 amide bonds. The summed E-state index contributed by atoms with van der Waals surface area (Å²) in [6.45, 7) is 1.82. The Morgan fingerprint density at radius 3 is 2.43 bits per heavy atom. The molecular weight excluding hydrogens is 358 g/mol. The van der Waals surface area contributed by atoms with E-state index in [1.807, 2.05) is 30.3 Å². The summed E-state index contributed by atoms with van der Waals surface area (Å²) in [6.07, 6.45) is -1.52. The van der Waals surface area contributed by atoms with Crippen LogP contribution in [0.4, 0.5) is 5.69 Å². The van der Waals surface area contributed by atoms with Gasteiger partial charge in [-0.3, -0.25) is 14.5 Å². The lowest BCUT2D eigenvalue weighted by atomic mass is 9.98. The molecule has 6 nitrogen and oxygen atoms in total. The Bertz CT molecular complexity index is 898. The van der Waals surface area contributed by atoms with E-state index in [4.69, 9.17) is 9.47 Å². The van der Waals surface area contributed by atoms with Crippen molar-refractivity contribution in [2.75, 3.05) is 18.6 Å². The molecule has 28 heavy (non-hydrogen) atoms. The van der Waals surface area contributed by atoms with Crippen LogP contribution in [0.3, 0.4) is 0 Å². The summed E-state index contributed by atoms with van der Waals surface area (Å²) in [7, 11) is 1.55. The van der Waals surface area contributed by atoms with E-state index >= 15 is 0 Å². The molecule has 6 heteroatoms. The Hall–Kier alpha value is -3.30. The monoisotopic (exact) mass is 379 g/mol. The number of methoxy groups -OCH3 is 1.